The van der Waals surface area contributed by atoms with Crippen molar-refractivity contribution in [1.82, 2.24) is 15.0 Å². The molecule has 0 saturated carbocycles. The van der Waals surface area contributed by atoms with Crippen molar-refractivity contribution >= 4 is 27.5 Å². The number of pyridine rings is 1. The van der Waals surface area contributed by atoms with Crippen LogP contribution >= 0.6 is 11.3 Å². The Morgan fingerprint density at radius 3 is 2.77 bits per heavy atom. The Balaban J connectivity index is 2.19. The number of nitrogens with one attached hydrogen (secondary N) is 1. The van der Waals surface area contributed by atoms with E-state index < -0.39 is 5.97 Å². The van der Waals surface area contributed by atoms with Gasteiger partial charge >= 0.3 is 5.97 Å². The van der Waals surface area contributed by atoms with Crippen LogP contribution in [0.15, 0.2) is 29.3 Å². The average molecular weight is 315 g/mol. The molecule has 0 aliphatic rings. The number of aromatic nitrogens is 3. The summed E-state index contributed by atoms with van der Waals surface area (Å²) in [5, 5.41) is 0.436. The van der Waals surface area contributed by atoms with E-state index in [0.29, 0.717) is 33.1 Å². The van der Waals surface area contributed by atoms with Gasteiger partial charge in [0.1, 0.15) is 15.5 Å². The minimum absolute atomic E-state index is 0.263. The van der Waals surface area contributed by atoms with Crippen LogP contribution in [-0.2, 0) is 4.74 Å². The van der Waals surface area contributed by atoms with Gasteiger partial charge in [-0.2, -0.15) is 0 Å². The average Bonchev–Trinajstić information content (AvgIpc) is 2.86. The molecule has 3 rings (SSSR count). The molecular formula is C15H13N3O3S. The normalized spacial score (nSPS) is 10.8. The van der Waals surface area contributed by atoms with E-state index in [2.05, 4.69) is 15.0 Å². The van der Waals surface area contributed by atoms with Crippen molar-refractivity contribution < 1.29 is 9.53 Å². The van der Waals surface area contributed by atoms with Gasteiger partial charge in [-0.3, -0.25) is 9.78 Å². The maximum absolute atomic E-state index is 12.3. The van der Waals surface area contributed by atoms with Crippen molar-refractivity contribution in [3.63, 3.8) is 0 Å². The van der Waals surface area contributed by atoms with Crippen LogP contribution in [0, 0.1) is 6.92 Å². The summed E-state index contributed by atoms with van der Waals surface area (Å²) in [4.78, 5) is 36.4. The van der Waals surface area contributed by atoms with Crippen LogP contribution < -0.4 is 5.56 Å². The number of aryl methyl sites for hydroxylation is 1. The lowest BCUT2D eigenvalue weighted by atomic mass is 10.2. The molecule has 0 fully saturated rings. The maximum Gasteiger partial charge on any atom is 0.348 e. The van der Waals surface area contributed by atoms with E-state index in [-0.39, 0.29) is 5.56 Å². The quantitative estimate of drug-likeness (QED) is 0.751. The molecule has 1 N–H and O–H groups in total. The molecule has 0 aliphatic carbocycles. The van der Waals surface area contributed by atoms with E-state index in [4.69, 9.17) is 4.74 Å². The second-order valence-corrected chi connectivity index (χ2v) is 5.61. The maximum atomic E-state index is 12.3. The van der Waals surface area contributed by atoms with Crippen molar-refractivity contribution in [2.24, 2.45) is 0 Å². The number of aromatic amines is 1. The van der Waals surface area contributed by atoms with Gasteiger partial charge in [0.05, 0.1) is 12.0 Å². The predicted molar refractivity (Wildman–Crippen MR) is 84.2 cm³/mol. The molecule has 7 heteroatoms. The van der Waals surface area contributed by atoms with Gasteiger partial charge in [0.15, 0.2) is 0 Å². The SMILES string of the molecule is CCOC(=O)c1sc2nc(-c3ccncc3)[nH]c(=O)c2c1C. The molecule has 0 atom stereocenters. The summed E-state index contributed by atoms with van der Waals surface area (Å²) in [5.41, 5.74) is 1.10. The molecule has 0 amide bonds. The molecule has 3 aromatic rings. The Hall–Kier alpha value is -2.54. The molecule has 0 aromatic carbocycles. The zero-order valence-electron chi connectivity index (χ0n) is 12.0. The number of ether oxygens (including phenoxy) is 1. The highest BCUT2D eigenvalue weighted by molar-refractivity contribution is 7.20. The minimum atomic E-state index is -0.423. The van der Waals surface area contributed by atoms with Crippen LogP contribution in [0.3, 0.4) is 0 Å². The van der Waals surface area contributed by atoms with E-state index in [1.165, 1.54) is 11.3 Å². The fraction of sp³-hybridized carbons (Fsp3) is 0.200. The van der Waals surface area contributed by atoms with Crippen LogP contribution in [-0.4, -0.2) is 27.5 Å². The van der Waals surface area contributed by atoms with Crippen LogP contribution in [0.2, 0.25) is 0 Å². The Morgan fingerprint density at radius 2 is 2.09 bits per heavy atom. The number of esters is 1. The molecule has 0 saturated heterocycles. The Bertz CT molecular complexity index is 900. The van der Waals surface area contributed by atoms with Crippen molar-refractivity contribution in [3.8, 4) is 11.4 Å². The lowest BCUT2D eigenvalue weighted by molar-refractivity contribution is 0.0531. The van der Waals surface area contributed by atoms with Gasteiger partial charge in [-0.15, -0.1) is 11.3 Å². The summed E-state index contributed by atoms with van der Waals surface area (Å²) in [6, 6.07) is 3.52. The highest BCUT2D eigenvalue weighted by Gasteiger charge is 2.20. The molecule has 6 nitrogen and oxygen atoms in total. The number of carbonyl (C=O) groups is 1. The van der Waals surface area contributed by atoms with Crippen LogP contribution in [0.25, 0.3) is 21.6 Å². The van der Waals surface area contributed by atoms with E-state index in [1.54, 1.807) is 38.4 Å². The van der Waals surface area contributed by atoms with Gasteiger partial charge in [-0.05, 0) is 31.5 Å². The summed E-state index contributed by atoms with van der Waals surface area (Å²) in [7, 11) is 0. The third-order valence-electron chi connectivity index (χ3n) is 3.22. The molecule has 0 unspecified atom stereocenters. The van der Waals surface area contributed by atoms with Crippen molar-refractivity contribution in [2.45, 2.75) is 13.8 Å². The first-order valence-corrected chi connectivity index (χ1v) is 7.54. The van der Waals surface area contributed by atoms with Gasteiger partial charge in [0, 0.05) is 18.0 Å². The van der Waals surface area contributed by atoms with Gasteiger partial charge in [-0.25, -0.2) is 9.78 Å². The first-order chi connectivity index (χ1) is 10.6. The number of fused-ring (bicyclic) bond motifs is 1. The molecule has 22 heavy (non-hydrogen) atoms. The standard InChI is InChI=1S/C15H13N3O3S/c1-3-21-15(20)11-8(2)10-13(19)17-12(18-14(10)22-11)9-4-6-16-7-5-9/h4-7H,3H2,1-2H3,(H,17,18,19). The number of nitrogens with zero attached hydrogens (tertiary/aromatic N) is 2. The van der Waals surface area contributed by atoms with Crippen LogP contribution in [0.5, 0.6) is 0 Å². The van der Waals surface area contributed by atoms with Crippen LogP contribution in [0.4, 0.5) is 0 Å². The highest BCUT2D eigenvalue weighted by Crippen LogP contribution is 2.28. The highest BCUT2D eigenvalue weighted by atomic mass is 32.1. The van der Waals surface area contributed by atoms with Crippen molar-refractivity contribution in [3.05, 3.63) is 45.3 Å². The Morgan fingerprint density at radius 1 is 1.36 bits per heavy atom. The van der Waals surface area contributed by atoms with E-state index in [9.17, 15) is 9.59 Å². The van der Waals surface area contributed by atoms with Gasteiger partial charge < -0.3 is 9.72 Å². The lowest BCUT2D eigenvalue weighted by Crippen LogP contribution is -2.10. The van der Waals surface area contributed by atoms with E-state index in [0.717, 1.165) is 5.56 Å². The third kappa shape index (κ3) is 2.39. The molecular weight excluding hydrogens is 302 g/mol. The second-order valence-electron chi connectivity index (χ2n) is 4.61. The number of hydrogen-bond acceptors (Lipinski definition) is 6. The number of rotatable bonds is 3. The fourth-order valence-corrected chi connectivity index (χ4v) is 3.26. The summed E-state index contributed by atoms with van der Waals surface area (Å²) >= 11 is 1.17. The smallest absolute Gasteiger partial charge is 0.348 e. The number of hydrogen-bond donors (Lipinski definition) is 1. The first kappa shape index (κ1) is 14.4. The van der Waals surface area contributed by atoms with Gasteiger partial charge in [-0.1, -0.05) is 0 Å². The molecule has 0 radical (unpaired) electrons. The minimum Gasteiger partial charge on any atom is -0.462 e. The van der Waals surface area contributed by atoms with Gasteiger partial charge in [0.25, 0.3) is 5.56 Å². The second kappa shape index (κ2) is 5.69. The number of H-pyrrole nitrogens is 1. The topological polar surface area (TPSA) is 84.9 Å². The zero-order valence-corrected chi connectivity index (χ0v) is 12.9. The van der Waals surface area contributed by atoms with Crippen molar-refractivity contribution in [1.29, 1.82) is 0 Å². The fourth-order valence-electron chi connectivity index (χ4n) is 2.18. The largest absolute Gasteiger partial charge is 0.462 e. The predicted octanol–water partition coefficient (Wildman–Crippen LogP) is 2.53. The summed E-state index contributed by atoms with van der Waals surface area (Å²) in [5.74, 6) is 0.0319. The van der Waals surface area contributed by atoms with E-state index >= 15 is 0 Å². The molecule has 0 spiro atoms. The molecule has 3 heterocycles. The molecule has 3 aromatic heterocycles. The zero-order chi connectivity index (χ0) is 15.7. The number of thiophene rings is 1. The summed E-state index contributed by atoms with van der Waals surface area (Å²) in [6.45, 7) is 3.76. The van der Waals surface area contributed by atoms with Gasteiger partial charge in [0.2, 0.25) is 0 Å². The van der Waals surface area contributed by atoms with Crippen molar-refractivity contribution in [2.75, 3.05) is 6.61 Å². The Labute approximate surface area is 129 Å². The summed E-state index contributed by atoms with van der Waals surface area (Å²) < 4.78 is 5.02. The van der Waals surface area contributed by atoms with Crippen LogP contribution in [0.1, 0.15) is 22.2 Å². The molecule has 0 bridgehead atoms. The number of carbonyl (C=O) groups excluding carboxylic acids is 1. The molecule has 112 valence electrons. The molecule has 0 aliphatic heterocycles. The third-order valence-corrected chi connectivity index (χ3v) is 4.38. The van der Waals surface area contributed by atoms with E-state index in [1.807, 2.05) is 0 Å². The summed E-state index contributed by atoms with van der Waals surface area (Å²) in [6.07, 6.45) is 3.26. The monoisotopic (exact) mass is 315 g/mol. The first-order valence-electron chi connectivity index (χ1n) is 6.72. The lowest BCUT2D eigenvalue weighted by Gasteiger charge is -2.00. The Kier molecular flexibility index (Phi) is 3.72.